The van der Waals surface area contributed by atoms with E-state index in [0.29, 0.717) is 17.9 Å². The largest absolute Gasteiger partial charge is 0.451 e. The number of benzene rings is 2. The van der Waals surface area contributed by atoms with Crippen molar-refractivity contribution in [3.05, 3.63) is 72.0 Å². The second-order valence-corrected chi connectivity index (χ2v) is 5.26. The third-order valence-electron chi connectivity index (χ3n) is 3.25. The van der Waals surface area contributed by atoms with Crippen molar-refractivity contribution < 1.29 is 9.21 Å². The fourth-order valence-corrected chi connectivity index (χ4v) is 2.37. The summed E-state index contributed by atoms with van der Waals surface area (Å²) in [6.45, 7) is 0.349. The molecule has 1 heterocycles. The van der Waals surface area contributed by atoms with Crippen LogP contribution in [0.1, 0.15) is 21.5 Å². The minimum Gasteiger partial charge on any atom is -0.451 e. The van der Waals surface area contributed by atoms with Gasteiger partial charge in [0, 0.05) is 11.9 Å². The van der Waals surface area contributed by atoms with Crippen LogP contribution in [0.4, 0.5) is 0 Å². The molecule has 0 radical (unpaired) electrons. The normalized spacial score (nSPS) is 12.2. The highest BCUT2D eigenvalue weighted by molar-refractivity contribution is 6.21. The first-order chi connectivity index (χ1) is 10.2. The SMILES string of the molecule is O=C(NCC(Cl)c1ccccc1)c1cc2ccccc2o1. The van der Waals surface area contributed by atoms with Crippen LogP contribution >= 0.6 is 11.6 Å². The maximum absolute atomic E-state index is 12.1. The molecule has 1 amide bonds. The van der Waals surface area contributed by atoms with Crippen molar-refractivity contribution in [3.63, 3.8) is 0 Å². The molecular formula is C17H14ClNO2. The molecule has 0 fully saturated rings. The van der Waals surface area contributed by atoms with Crippen LogP contribution in [0.2, 0.25) is 0 Å². The van der Waals surface area contributed by atoms with Gasteiger partial charge in [-0.1, -0.05) is 48.5 Å². The Bertz CT molecular complexity index is 719. The summed E-state index contributed by atoms with van der Waals surface area (Å²) in [6.07, 6.45) is 0. The Labute approximate surface area is 127 Å². The maximum atomic E-state index is 12.1. The Morgan fingerprint density at radius 2 is 1.81 bits per heavy atom. The number of para-hydroxylation sites is 1. The number of nitrogens with one attached hydrogen (secondary N) is 1. The number of furan rings is 1. The molecule has 4 heteroatoms. The number of hydrogen-bond donors (Lipinski definition) is 1. The molecule has 0 aliphatic rings. The van der Waals surface area contributed by atoms with Gasteiger partial charge in [-0.15, -0.1) is 11.6 Å². The monoisotopic (exact) mass is 299 g/mol. The Morgan fingerprint density at radius 3 is 2.57 bits per heavy atom. The van der Waals surface area contributed by atoms with Crippen molar-refractivity contribution >= 4 is 28.5 Å². The standard InChI is InChI=1S/C17H14ClNO2/c18-14(12-6-2-1-3-7-12)11-19-17(20)16-10-13-8-4-5-9-15(13)21-16/h1-10,14H,11H2,(H,19,20). The highest BCUT2D eigenvalue weighted by atomic mass is 35.5. The van der Waals surface area contributed by atoms with E-state index in [2.05, 4.69) is 5.32 Å². The van der Waals surface area contributed by atoms with Crippen LogP contribution in [0.5, 0.6) is 0 Å². The van der Waals surface area contributed by atoms with E-state index in [4.69, 9.17) is 16.0 Å². The Balaban J connectivity index is 1.66. The minimum absolute atomic E-state index is 0.257. The number of amides is 1. The first kappa shape index (κ1) is 13.7. The van der Waals surface area contributed by atoms with E-state index < -0.39 is 0 Å². The Hall–Kier alpha value is -2.26. The van der Waals surface area contributed by atoms with Gasteiger partial charge in [-0.2, -0.15) is 0 Å². The van der Waals surface area contributed by atoms with Gasteiger partial charge in [-0.05, 0) is 17.7 Å². The molecule has 0 aliphatic carbocycles. The summed E-state index contributed by atoms with van der Waals surface area (Å²) in [5.41, 5.74) is 1.68. The maximum Gasteiger partial charge on any atom is 0.287 e. The highest BCUT2D eigenvalue weighted by Gasteiger charge is 2.14. The predicted octanol–water partition coefficient (Wildman–Crippen LogP) is 4.14. The van der Waals surface area contributed by atoms with Crippen LogP contribution in [-0.2, 0) is 0 Å². The van der Waals surface area contributed by atoms with Gasteiger partial charge in [-0.3, -0.25) is 4.79 Å². The van der Waals surface area contributed by atoms with Crippen LogP contribution in [0, 0.1) is 0 Å². The molecule has 0 saturated heterocycles. The molecule has 1 N–H and O–H groups in total. The summed E-state index contributed by atoms with van der Waals surface area (Å²) in [4.78, 5) is 12.1. The number of alkyl halides is 1. The molecule has 21 heavy (non-hydrogen) atoms. The zero-order chi connectivity index (χ0) is 14.7. The lowest BCUT2D eigenvalue weighted by atomic mass is 10.1. The zero-order valence-corrected chi connectivity index (χ0v) is 12.0. The summed E-state index contributed by atoms with van der Waals surface area (Å²) in [7, 11) is 0. The average molecular weight is 300 g/mol. The number of fused-ring (bicyclic) bond motifs is 1. The van der Waals surface area contributed by atoms with E-state index >= 15 is 0 Å². The van der Waals surface area contributed by atoms with Crippen LogP contribution < -0.4 is 5.32 Å². The van der Waals surface area contributed by atoms with Gasteiger partial charge in [-0.25, -0.2) is 0 Å². The van der Waals surface area contributed by atoms with Crippen LogP contribution in [0.3, 0.4) is 0 Å². The predicted molar refractivity (Wildman–Crippen MR) is 83.6 cm³/mol. The van der Waals surface area contributed by atoms with E-state index in [1.54, 1.807) is 6.07 Å². The molecule has 0 spiro atoms. The average Bonchev–Trinajstić information content (AvgIpc) is 2.97. The minimum atomic E-state index is -0.264. The third kappa shape index (κ3) is 3.09. The molecule has 1 unspecified atom stereocenters. The van der Waals surface area contributed by atoms with Crippen LogP contribution in [0.15, 0.2) is 65.1 Å². The molecule has 0 bridgehead atoms. The molecular weight excluding hydrogens is 286 g/mol. The molecule has 3 nitrogen and oxygen atoms in total. The van der Waals surface area contributed by atoms with Crippen molar-refractivity contribution in [2.45, 2.75) is 5.38 Å². The number of carbonyl (C=O) groups excluding carboxylic acids is 1. The summed E-state index contributed by atoms with van der Waals surface area (Å²) < 4.78 is 5.51. The molecule has 2 aromatic carbocycles. The van der Waals surface area contributed by atoms with Gasteiger partial charge in [0.1, 0.15) is 5.58 Å². The molecule has 1 atom stereocenters. The van der Waals surface area contributed by atoms with E-state index in [-0.39, 0.29) is 11.3 Å². The van der Waals surface area contributed by atoms with Crippen LogP contribution in [0.25, 0.3) is 11.0 Å². The van der Waals surface area contributed by atoms with Crippen molar-refractivity contribution in [3.8, 4) is 0 Å². The lowest BCUT2D eigenvalue weighted by Gasteiger charge is -2.10. The van der Waals surface area contributed by atoms with Gasteiger partial charge in [0.05, 0.1) is 5.38 Å². The first-order valence-electron chi connectivity index (χ1n) is 6.70. The number of halogens is 1. The third-order valence-corrected chi connectivity index (χ3v) is 3.66. The van der Waals surface area contributed by atoms with Gasteiger partial charge in [0.25, 0.3) is 5.91 Å². The molecule has 1 aromatic heterocycles. The van der Waals surface area contributed by atoms with Gasteiger partial charge in [0.2, 0.25) is 0 Å². The number of rotatable bonds is 4. The quantitative estimate of drug-likeness (QED) is 0.736. The van der Waals surface area contributed by atoms with E-state index in [0.717, 1.165) is 10.9 Å². The fourth-order valence-electron chi connectivity index (χ4n) is 2.14. The fraction of sp³-hybridized carbons (Fsp3) is 0.118. The summed E-state index contributed by atoms with van der Waals surface area (Å²) in [5.74, 6) is 0.0425. The second-order valence-electron chi connectivity index (χ2n) is 4.74. The number of hydrogen-bond acceptors (Lipinski definition) is 2. The number of carbonyl (C=O) groups is 1. The lowest BCUT2D eigenvalue weighted by Crippen LogP contribution is -2.26. The van der Waals surface area contributed by atoms with Crippen LogP contribution in [-0.4, -0.2) is 12.5 Å². The molecule has 0 aliphatic heterocycles. The summed E-state index contributed by atoms with van der Waals surface area (Å²) in [6, 6.07) is 18.9. The van der Waals surface area contributed by atoms with Crippen molar-refractivity contribution in [1.29, 1.82) is 0 Å². The topological polar surface area (TPSA) is 42.2 Å². The van der Waals surface area contributed by atoms with Gasteiger partial charge >= 0.3 is 0 Å². The Morgan fingerprint density at radius 1 is 1.10 bits per heavy atom. The zero-order valence-electron chi connectivity index (χ0n) is 11.3. The van der Waals surface area contributed by atoms with Gasteiger partial charge < -0.3 is 9.73 Å². The van der Waals surface area contributed by atoms with E-state index in [1.807, 2.05) is 54.6 Å². The summed E-state index contributed by atoms with van der Waals surface area (Å²) in [5, 5.41) is 3.44. The smallest absolute Gasteiger partial charge is 0.287 e. The molecule has 106 valence electrons. The molecule has 0 saturated carbocycles. The van der Waals surface area contributed by atoms with Gasteiger partial charge in [0.15, 0.2) is 5.76 Å². The lowest BCUT2D eigenvalue weighted by molar-refractivity contribution is 0.0928. The first-order valence-corrected chi connectivity index (χ1v) is 7.13. The van der Waals surface area contributed by atoms with E-state index in [1.165, 1.54) is 0 Å². The second kappa shape index (κ2) is 6.02. The highest BCUT2D eigenvalue weighted by Crippen LogP contribution is 2.20. The summed E-state index contributed by atoms with van der Waals surface area (Å²) >= 11 is 6.27. The Kier molecular flexibility index (Phi) is 3.93. The molecule has 3 rings (SSSR count). The van der Waals surface area contributed by atoms with Crippen molar-refractivity contribution in [2.75, 3.05) is 6.54 Å². The van der Waals surface area contributed by atoms with Crippen molar-refractivity contribution in [2.24, 2.45) is 0 Å². The van der Waals surface area contributed by atoms with Crippen molar-refractivity contribution in [1.82, 2.24) is 5.32 Å². The van der Waals surface area contributed by atoms with E-state index in [9.17, 15) is 4.79 Å². The molecule has 3 aromatic rings.